The normalized spacial score (nSPS) is 12.4. The number of aromatic carboxylic acids is 1. The van der Waals surface area contributed by atoms with Crippen LogP contribution in [0.2, 0.25) is 0 Å². The van der Waals surface area contributed by atoms with Crippen LogP contribution in [0.15, 0.2) is 53.4 Å². The van der Waals surface area contributed by atoms with Gasteiger partial charge in [0.05, 0.1) is 28.1 Å². The Morgan fingerprint density at radius 1 is 0.909 bits per heavy atom. The molecule has 0 saturated carbocycles. The predicted molar refractivity (Wildman–Crippen MR) is 122 cm³/mol. The van der Waals surface area contributed by atoms with Crippen molar-refractivity contribution >= 4 is 80.0 Å². The molecule has 0 saturated heterocycles. The van der Waals surface area contributed by atoms with Crippen LogP contribution in [0, 0.1) is 0 Å². The van der Waals surface area contributed by atoms with Gasteiger partial charge in [0.2, 0.25) is 0 Å². The number of nitrogen functional groups attached to an aromatic ring is 2. The zero-order valence-corrected chi connectivity index (χ0v) is 16.9. The number of nitrogens with one attached hydrogen (secondary N) is 1. The average Bonchev–Trinajstić information content (AvgIpc) is 2.71. The Kier molecular flexibility index (Phi) is 6.37. The van der Waals surface area contributed by atoms with E-state index in [2.05, 4.69) is 5.32 Å². The Bertz CT molecular complexity index is 1470. The summed E-state index contributed by atoms with van der Waals surface area (Å²) >= 11 is 0. The van der Waals surface area contributed by atoms with Gasteiger partial charge in [-0.3, -0.25) is 14.1 Å². The van der Waals surface area contributed by atoms with Crippen LogP contribution < -0.4 is 16.8 Å². The third kappa shape index (κ3) is 4.24. The molecule has 1 aliphatic rings. The van der Waals surface area contributed by atoms with Crippen molar-refractivity contribution in [3.05, 3.63) is 76.3 Å². The van der Waals surface area contributed by atoms with Gasteiger partial charge in [-0.1, -0.05) is 24.3 Å². The van der Waals surface area contributed by atoms with Crippen LogP contribution in [0.25, 0.3) is 0 Å². The van der Waals surface area contributed by atoms with Crippen molar-refractivity contribution in [2.75, 3.05) is 16.8 Å². The first-order valence-electron chi connectivity index (χ1n) is 9.02. The fraction of sp³-hybridized carbons (Fsp3) is 0. The summed E-state index contributed by atoms with van der Waals surface area (Å²) in [5, 5.41) is 12.0. The van der Waals surface area contributed by atoms with Crippen LogP contribution in [-0.2, 0) is 10.1 Å². The van der Waals surface area contributed by atoms with Gasteiger partial charge < -0.3 is 21.9 Å². The summed E-state index contributed by atoms with van der Waals surface area (Å²) in [4.78, 5) is 36.9. The van der Waals surface area contributed by atoms with Gasteiger partial charge in [-0.2, -0.15) is 8.42 Å². The number of carbonyl (C=O) groups is 3. The van der Waals surface area contributed by atoms with Crippen LogP contribution in [0.3, 0.4) is 0 Å². The van der Waals surface area contributed by atoms with Crippen molar-refractivity contribution in [3.63, 3.8) is 0 Å². The van der Waals surface area contributed by atoms with Gasteiger partial charge in [-0.05, 0) is 24.3 Å². The van der Waals surface area contributed by atoms with Crippen molar-refractivity contribution in [2.45, 2.75) is 4.90 Å². The fourth-order valence-corrected chi connectivity index (χ4v) is 4.26. The minimum absolute atomic E-state index is 0. The Hall–Kier alpha value is -3.22. The number of carboxylic acids is 1. The monoisotopic (exact) mass is 477 g/mol. The number of hydrogen-bond donors (Lipinski definition) is 5. The Labute approximate surface area is 209 Å². The topological polar surface area (TPSA) is 190 Å². The molecule has 0 spiro atoms. The molecule has 4 rings (SSSR count). The van der Waals surface area contributed by atoms with E-state index in [4.69, 9.17) is 11.5 Å². The molecule has 0 heterocycles. The molecule has 10 nitrogen and oxygen atoms in total. The Balaban J connectivity index is 0.00000306. The zero-order valence-electron chi connectivity index (χ0n) is 16.1. The van der Waals surface area contributed by atoms with E-state index >= 15 is 0 Å². The number of fused-ring (bicyclic) bond motifs is 2. The molecule has 0 bridgehead atoms. The van der Waals surface area contributed by atoms with Crippen molar-refractivity contribution in [1.82, 2.24) is 0 Å². The second-order valence-electron chi connectivity index (χ2n) is 7.04. The van der Waals surface area contributed by atoms with Gasteiger partial charge in [-0.15, -0.1) is 0 Å². The predicted octanol–water partition coefficient (Wildman–Crippen LogP) is 1.67. The molecule has 0 aromatic heterocycles. The molecular weight excluding hydrogens is 461 g/mol. The summed E-state index contributed by atoms with van der Waals surface area (Å²) in [6.07, 6.45) is 0. The Morgan fingerprint density at radius 2 is 1.48 bits per heavy atom. The van der Waals surface area contributed by atoms with E-state index in [9.17, 15) is 32.5 Å². The van der Waals surface area contributed by atoms with Crippen LogP contribution >= 0.6 is 0 Å². The summed E-state index contributed by atoms with van der Waals surface area (Å²) in [5.74, 6) is -2.56. The number of hydrogen-bond acceptors (Lipinski definition) is 8. The first-order valence-corrected chi connectivity index (χ1v) is 10.5. The van der Waals surface area contributed by atoms with Crippen molar-refractivity contribution in [1.29, 1.82) is 0 Å². The van der Waals surface area contributed by atoms with E-state index < -0.39 is 38.2 Å². The first-order chi connectivity index (χ1) is 15.0. The number of ketones is 2. The van der Waals surface area contributed by atoms with Crippen molar-refractivity contribution < 1.29 is 32.5 Å². The van der Waals surface area contributed by atoms with Gasteiger partial charge in [0.1, 0.15) is 4.90 Å². The molecule has 0 amide bonds. The quantitative estimate of drug-likeness (QED) is 0.164. The third-order valence-corrected chi connectivity index (χ3v) is 5.85. The van der Waals surface area contributed by atoms with Gasteiger partial charge in [-0.25, -0.2) is 4.79 Å². The second kappa shape index (κ2) is 8.61. The fourth-order valence-electron chi connectivity index (χ4n) is 3.61. The van der Waals surface area contributed by atoms with E-state index in [0.29, 0.717) is 0 Å². The third-order valence-electron chi connectivity index (χ3n) is 4.96. The summed E-state index contributed by atoms with van der Waals surface area (Å²) in [5.41, 5.74) is 10.5. The molecule has 12 heteroatoms. The van der Waals surface area contributed by atoms with E-state index in [1.54, 1.807) is 6.07 Å². The number of benzene rings is 3. The Morgan fingerprint density at radius 3 is 2.03 bits per heavy atom. The molecule has 164 valence electrons. The van der Waals surface area contributed by atoms with Gasteiger partial charge in [0.25, 0.3) is 10.1 Å². The maximum atomic E-state index is 13.2. The molecule has 1 aliphatic carbocycles. The number of carbonyl (C=O) groups excluding carboxylic acids is 2. The van der Waals surface area contributed by atoms with Crippen molar-refractivity contribution in [3.8, 4) is 0 Å². The van der Waals surface area contributed by atoms with Crippen molar-refractivity contribution in [2.24, 2.45) is 0 Å². The molecule has 33 heavy (non-hydrogen) atoms. The molecular formula is C21H16N3NaO7S. The molecule has 3 aromatic rings. The van der Waals surface area contributed by atoms with Crippen LogP contribution in [0.5, 0.6) is 0 Å². The number of anilines is 4. The minimum atomic E-state index is -4.88. The average molecular weight is 477 g/mol. The number of rotatable bonds is 4. The molecule has 0 aliphatic heterocycles. The summed E-state index contributed by atoms with van der Waals surface area (Å²) in [6, 6.07) is 10.6. The standard InChI is InChI=1S/C21H15N3O7S.Na.H/c22-10-5-9(21(27)28)6-11(7-10)24-14-8-15(32(29,30)31)18(23)17-16(14)19(25)12-3-1-2-4-13(12)20(17)26;;/h1-8,24H,22-23H2,(H,27,28)(H,29,30,31);;. The van der Waals surface area contributed by atoms with Crippen LogP contribution in [0.1, 0.15) is 42.2 Å². The maximum absolute atomic E-state index is 13.2. The molecule has 0 atom stereocenters. The van der Waals surface area contributed by atoms with Gasteiger partial charge >= 0.3 is 35.5 Å². The van der Waals surface area contributed by atoms with E-state index in [-0.39, 0.29) is 74.4 Å². The summed E-state index contributed by atoms with van der Waals surface area (Å²) in [7, 11) is -4.88. The first kappa shape index (κ1) is 24.4. The molecule has 7 N–H and O–H groups in total. The summed E-state index contributed by atoms with van der Waals surface area (Å²) in [6.45, 7) is 0. The molecule has 3 aromatic carbocycles. The number of carboxylic acid groups (broad SMARTS) is 1. The van der Waals surface area contributed by atoms with Gasteiger partial charge in [0.15, 0.2) is 11.6 Å². The van der Waals surface area contributed by atoms with Crippen LogP contribution in [-0.4, -0.2) is 65.2 Å². The SMILES string of the molecule is Nc1cc(Nc2cc(S(=O)(=O)O)c(N)c3c2C(=O)c2ccccc2C3=O)cc(C(=O)O)c1.[NaH]. The molecule has 0 unspecified atom stereocenters. The molecule has 0 fully saturated rings. The van der Waals surface area contributed by atoms with E-state index in [1.807, 2.05) is 0 Å². The summed E-state index contributed by atoms with van der Waals surface area (Å²) < 4.78 is 33.5. The van der Waals surface area contributed by atoms with E-state index in [1.165, 1.54) is 36.4 Å². The zero-order chi connectivity index (χ0) is 23.4. The molecule has 0 radical (unpaired) electrons. The number of nitrogens with two attached hydrogens (primary N) is 2. The van der Waals surface area contributed by atoms with E-state index in [0.717, 1.165) is 6.07 Å². The second-order valence-corrected chi connectivity index (χ2v) is 8.43. The van der Waals surface area contributed by atoms with Crippen LogP contribution in [0.4, 0.5) is 22.7 Å². The van der Waals surface area contributed by atoms with Gasteiger partial charge in [0, 0.05) is 22.5 Å².